The first-order chi connectivity index (χ1) is 11.6. The van der Waals surface area contributed by atoms with Gasteiger partial charge >= 0.3 is 0 Å². The summed E-state index contributed by atoms with van der Waals surface area (Å²) >= 11 is 0. The minimum absolute atomic E-state index is 0.0959. The standard InChI is InChI=1S/C19H24N2O3/c1-3-24-18-10-9-17(11-16(18)14-22)20-19(23)13-21(2)12-15-7-5-4-6-8-15/h4-11,22H,3,12-14H2,1-2H3,(H,20,23). The molecule has 5 nitrogen and oxygen atoms in total. The number of nitrogens with one attached hydrogen (secondary N) is 1. The van der Waals surface area contributed by atoms with Crippen LogP contribution in [0.5, 0.6) is 5.75 Å². The molecule has 0 fully saturated rings. The van der Waals surface area contributed by atoms with E-state index in [1.165, 1.54) is 0 Å². The first kappa shape index (κ1) is 18.0. The van der Waals surface area contributed by atoms with Gasteiger partial charge in [0, 0.05) is 17.8 Å². The number of aliphatic hydroxyl groups excluding tert-OH is 1. The van der Waals surface area contributed by atoms with Gasteiger partial charge in [0.2, 0.25) is 5.91 Å². The van der Waals surface area contributed by atoms with E-state index in [-0.39, 0.29) is 19.1 Å². The lowest BCUT2D eigenvalue weighted by atomic mass is 10.2. The second-order valence-corrected chi connectivity index (χ2v) is 5.62. The van der Waals surface area contributed by atoms with Gasteiger partial charge in [0.1, 0.15) is 5.75 Å². The molecule has 0 aliphatic carbocycles. The minimum atomic E-state index is -0.132. The van der Waals surface area contributed by atoms with Crippen molar-refractivity contribution >= 4 is 11.6 Å². The lowest BCUT2D eigenvalue weighted by Gasteiger charge is -2.17. The van der Waals surface area contributed by atoms with Crippen LogP contribution in [0.1, 0.15) is 18.1 Å². The first-order valence-electron chi connectivity index (χ1n) is 8.01. The molecule has 0 unspecified atom stereocenters. The van der Waals surface area contributed by atoms with Crippen molar-refractivity contribution in [1.29, 1.82) is 0 Å². The van der Waals surface area contributed by atoms with E-state index in [9.17, 15) is 9.90 Å². The van der Waals surface area contributed by atoms with Crippen LogP contribution in [0.15, 0.2) is 48.5 Å². The maximum Gasteiger partial charge on any atom is 0.238 e. The fraction of sp³-hybridized carbons (Fsp3) is 0.316. The zero-order valence-electron chi connectivity index (χ0n) is 14.2. The van der Waals surface area contributed by atoms with E-state index in [1.54, 1.807) is 18.2 Å². The average Bonchev–Trinajstić information content (AvgIpc) is 2.57. The zero-order chi connectivity index (χ0) is 17.4. The van der Waals surface area contributed by atoms with Crippen LogP contribution in [0.2, 0.25) is 0 Å². The van der Waals surface area contributed by atoms with E-state index in [4.69, 9.17) is 4.74 Å². The molecule has 0 spiro atoms. The third-order valence-electron chi connectivity index (χ3n) is 3.52. The lowest BCUT2D eigenvalue weighted by molar-refractivity contribution is -0.117. The normalized spacial score (nSPS) is 10.7. The summed E-state index contributed by atoms with van der Waals surface area (Å²) in [6, 6.07) is 15.3. The van der Waals surface area contributed by atoms with Crippen molar-refractivity contribution in [2.45, 2.75) is 20.1 Å². The molecule has 5 heteroatoms. The van der Waals surface area contributed by atoms with E-state index in [1.807, 2.05) is 49.2 Å². The van der Waals surface area contributed by atoms with Crippen LogP contribution >= 0.6 is 0 Å². The van der Waals surface area contributed by atoms with Crippen molar-refractivity contribution in [1.82, 2.24) is 4.90 Å². The van der Waals surface area contributed by atoms with Gasteiger partial charge in [-0.25, -0.2) is 0 Å². The maximum atomic E-state index is 12.2. The number of ether oxygens (including phenoxy) is 1. The van der Waals surface area contributed by atoms with Gasteiger partial charge in [0.05, 0.1) is 19.8 Å². The van der Waals surface area contributed by atoms with E-state index in [0.29, 0.717) is 30.2 Å². The Hall–Kier alpha value is -2.37. The molecular formula is C19H24N2O3. The summed E-state index contributed by atoms with van der Waals surface area (Å²) in [4.78, 5) is 14.1. The van der Waals surface area contributed by atoms with Crippen LogP contribution in [-0.4, -0.2) is 36.1 Å². The van der Waals surface area contributed by atoms with Crippen molar-refractivity contribution in [2.75, 3.05) is 25.5 Å². The van der Waals surface area contributed by atoms with Crippen LogP contribution in [-0.2, 0) is 17.9 Å². The Balaban J connectivity index is 1.92. The molecular weight excluding hydrogens is 304 g/mol. The number of hydrogen-bond donors (Lipinski definition) is 2. The molecule has 2 rings (SSSR count). The number of carbonyl (C=O) groups is 1. The van der Waals surface area contributed by atoms with Crippen molar-refractivity contribution in [3.63, 3.8) is 0 Å². The van der Waals surface area contributed by atoms with Crippen LogP contribution in [0.3, 0.4) is 0 Å². The number of hydrogen-bond acceptors (Lipinski definition) is 4. The Bertz CT molecular complexity index is 659. The monoisotopic (exact) mass is 328 g/mol. The second-order valence-electron chi connectivity index (χ2n) is 5.62. The Morgan fingerprint density at radius 2 is 1.96 bits per heavy atom. The summed E-state index contributed by atoms with van der Waals surface area (Å²) in [6.45, 7) is 3.28. The molecule has 128 valence electrons. The predicted molar refractivity (Wildman–Crippen MR) is 94.9 cm³/mol. The Labute approximate surface area is 142 Å². The summed E-state index contributed by atoms with van der Waals surface area (Å²) in [6.07, 6.45) is 0. The van der Waals surface area contributed by atoms with E-state index in [2.05, 4.69) is 5.32 Å². The number of carbonyl (C=O) groups excluding carboxylic acids is 1. The number of amides is 1. The molecule has 0 radical (unpaired) electrons. The van der Waals surface area contributed by atoms with Gasteiger partial charge in [-0.15, -0.1) is 0 Å². The average molecular weight is 328 g/mol. The molecule has 0 saturated heterocycles. The van der Waals surface area contributed by atoms with Crippen molar-refractivity contribution in [3.8, 4) is 5.75 Å². The summed E-state index contributed by atoms with van der Waals surface area (Å²) < 4.78 is 5.44. The van der Waals surface area contributed by atoms with E-state index in [0.717, 1.165) is 5.56 Å². The van der Waals surface area contributed by atoms with Gasteiger partial charge in [-0.05, 0) is 37.7 Å². The maximum absolute atomic E-state index is 12.2. The number of nitrogens with zero attached hydrogens (tertiary/aromatic N) is 1. The van der Waals surface area contributed by atoms with E-state index >= 15 is 0 Å². The highest BCUT2D eigenvalue weighted by Gasteiger charge is 2.09. The Morgan fingerprint density at radius 3 is 2.62 bits per heavy atom. The highest BCUT2D eigenvalue weighted by molar-refractivity contribution is 5.92. The van der Waals surface area contributed by atoms with Crippen molar-refractivity contribution in [3.05, 3.63) is 59.7 Å². The molecule has 0 aliphatic heterocycles. The smallest absolute Gasteiger partial charge is 0.238 e. The number of rotatable bonds is 8. The molecule has 24 heavy (non-hydrogen) atoms. The summed E-state index contributed by atoms with van der Waals surface area (Å²) in [5, 5.41) is 12.3. The summed E-state index contributed by atoms with van der Waals surface area (Å²) in [5.74, 6) is 0.542. The van der Waals surface area contributed by atoms with E-state index < -0.39 is 0 Å². The van der Waals surface area contributed by atoms with Gasteiger partial charge in [-0.1, -0.05) is 30.3 Å². The third-order valence-corrected chi connectivity index (χ3v) is 3.52. The fourth-order valence-electron chi connectivity index (χ4n) is 2.47. The number of anilines is 1. The largest absolute Gasteiger partial charge is 0.494 e. The molecule has 0 atom stereocenters. The lowest BCUT2D eigenvalue weighted by Crippen LogP contribution is -2.29. The highest BCUT2D eigenvalue weighted by Crippen LogP contribution is 2.23. The molecule has 0 heterocycles. The van der Waals surface area contributed by atoms with Gasteiger partial charge in [0.15, 0.2) is 0 Å². The molecule has 2 N–H and O–H groups in total. The summed E-state index contributed by atoms with van der Waals surface area (Å²) in [5.41, 5.74) is 2.48. The second kappa shape index (κ2) is 9.05. The highest BCUT2D eigenvalue weighted by atomic mass is 16.5. The van der Waals surface area contributed by atoms with Crippen LogP contribution in [0.4, 0.5) is 5.69 Å². The SMILES string of the molecule is CCOc1ccc(NC(=O)CN(C)Cc2ccccc2)cc1CO. The Morgan fingerprint density at radius 1 is 1.21 bits per heavy atom. The number of aliphatic hydroxyl groups is 1. The van der Waals surface area contributed by atoms with Gasteiger partial charge < -0.3 is 15.2 Å². The molecule has 0 aliphatic rings. The zero-order valence-corrected chi connectivity index (χ0v) is 14.2. The minimum Gasteiger partial charge on any atom is -0.494 e. The van der Waals surface area contributed by atoms with Crippen LogP contribution in [0.25, 0.3) is 0 Å². The number of benzene rings is 2. The molecule has 2 aromatic rings. The van der Waals surface area contributed by atoms with Crippen molar-refractivity contribution in [2.24, 2.45) is 0 Å². The fourth-order valence-corrected chi connectivity index (χ4v) is 2.47. The van der Waals surface area contributed by atoms with Crippen LogP contribution in [0, 0.1) is 0 Å². The molecule has 0 aromatic heterocycles. The van der Waals surface area contributed by atoms with Gasteiger partial charge in [0.25, 0.3) is 0 Å². The quantitative estimate of drug-likeness (QED) is 0.782. The van der Waals surface area contributed by atoms with Gasteiger partial charge in [-0.3, -0.25) is 9.69 Å². The van der Waals surface area contributed by atoms with Crippen LogP contribution < -0.4 is 10.1 Å². The molecule has 0 saturated carbocycles. The topological polar surface area (TPSA) is 61.8 Å². The molecule has 0 bridgehead atoms. The molecule has 1 amide bonds. The third kappa shape index (κ3) is 5.37. The molecule has 2 aromatic carbocycles. The summed E-state index contributed by atoms with van der Waals surface area (Å²) in [7, 11) is 1.91. The first-order valence-corrected chi connectivity index (χ1v) is 8.01. The Kier molecular flexibility index (Phi) is 6.78. The van der Waals surface area contributed by atoms with Crippen molar-refractivity contribution < 1.29 is 14.6 Å². The van der Waals surface area contributed by atoms with Gasteiger partial charge in [-0.2, -0.15) is 0 Å². The predicted octanol–water partition coefficient (Wildman–Crippen LogP) is 2.65. The number of likely N-dealkylation sites (N-methyl/N-ethyl adjacent to an activating group) is 1.